The van der Waals surface area contributed by atoms with Gasteiger partial charge >= 0.3 is 0 Å². The molecule has 1 heterocycles. The fraction of sp³-hybridized carbons (Fsp3) is 0.636. The largest absolute Gasteiger partial charge is 0.371 e. The number of para-hydroxylation sites is 1. The van der Waals surface area contributed by atoms with E-state index in [9.17, 15) is 9.59 Å². The Hall–Kier alpha value is -2.04. The summed E-state index contributed by atoms with van der Waals surface area (Å²) < 4.78 is 0. The Labute approximate surface area is 163 Å². The Balaban J connectivity index is 1.98. The predicted octanol–water partition coefficient (Wildman–Crippen LogP) is 3.59. The number of anilines is 1. The number of piperidine rings is 1. The molecule has 0 bridgehead atoms. The van der Waals surface area contributed by atoms with Gasteiger partial charge in [0.15, 0.2) is 0 Å². The van der Waals surface area contributed by atoms with Crippen LogP contribution in [-0.4, -0.2) is 37.0 Å². The first kappa shape index (κ1) is 21.3. The summed E-state index contributed by atoms with van der Waals surface area (Å²) in [5.41, 5.74) is 1.71. The van der Waals surface area contributed by atoms with E-state index >= 15 is 0 Å². The molecule has 5 nitrogen and oxygen atoms in total. The normalized spacial score (nSPS) is 16.5. The van der Waals surface area contributed by atoms with Gasteiger partial charge in [-0.1, -0.05) is 39.8 Å². The molecule has 1 aromatic rings. The van der Waals surface area contributed by atoms with E-state index in [4.69, 9.17) is 0 Å². The Morgan fingerprint density at radius 1 is 1.07 bits per heavy atom. The van der Waals surface area contributed by atoms with E-state index < -0.39 is 0 Å². The van der Waals surface area contributed by atoms with E-state index in [-0.39, 0.29) is 23.9 Å². The molecular formula is C22H35N3O2. The SMILES string of the molecule is CC(C)CC(=O)NC1CCN(c2ccccc2C(=O)N[C@H](C)C(C)C)CC1. The van der Waals surface area contributed by atoms with E-state index in [1.165, 1.54) is 0 Å². The zero-order valence-electron chi connectivity index (χ0n) is 17.4. The maximum absolute atomic E-state index is 12.7. The molecule has 1 aromatic carbocycles. The number of amides is 2. The molecule has 0 unspecified atom stereocenters. The highest BCUT2D eigenvalue weighted by Crippen LogP contribution is 2.24. The van der Waals surface area contributed by atoms with Crippen LogP contribution in [0.3, 0.4) is 0 Å². The van der Waals surface area contributed by atoms with E-state index in [2.05, 4.69) is 43.2 Å². The van der Waals surface area contributed by atoms with Crippen LogP contribution in [-0.2, 0) is 4.79 Å². The maximum atomic E-state index is 12.7. The van der Waals surface area contributed by atoms with Crippen LogP contribution in [0.25, 0.3) is 0 Å². The highest BCUT2D eigenvalue weighted by atomic mass is 16.2. The first-order valence-electron chi connectivity index (χ1n) is 10.2. The molecule has 1 aliphatic rings. The smallest absolute Gasteiger partial charge is 0.253 e. The van der Waals surface area contributed by atoms with Gasteiger partial charge in [0.05, 0.1) is 5.56 Å². The summed E-state index contributed by atoms with van der Waals surface area (Å²) in [6.07, 6.45) is 2.39. The number of nitrogens with one attached hydrogen (secondary N) is 2. The summed E-state index contributed by atoms with van der Waals surface area (Å²) in [6, 6.07) is 8.18. The van der Waals surface area contributed by atoms with Crippen LogP contribution in [0.4, 0.5) is 5.69 Å². The van der Waals surface area contributed by atoms with Crippen molar-refractivity contribution in [2.75, 3.05) is 18.0 Å². The van der Waals surface area contributed by atoms with Crippen molar-refractivity contribution < 1.29 is 9.59 Å². The lowest BCUT2D eigenvalue weighted by molar-refractivity contribution is -0.122. The number of nitrogens with zero attached hydrogens (tertiary/aromatic N) is 1. The maximum Gasteiger partial charge on any atom is 0.253 e. The predicted molar refractivity (Wildman–Crippen MR) is 111 cm³/mol. The van der Waals surface area contributed by atoms with Crippen molar-refractivity contribution in [3.63, 3.8) is 0 Å². The summed E-state index contributed by atoms with van der Waals surface area (Å²) in [6.45, 7) is 12.1. The van der Waals surface area contributed by atoms with E-state index in [0.29, 0.717) is 18.3 Å². The molecule has 0 radical (unpaired) electrons. The second-order valence-corrected chi connectivity index (χ2v) is 8.45. The van der Waals surface area contributed by atoms with Gasteiger partial charge in [-0.25, -0.2) is 0 Å². The molecule has 150 valence electrons. The number of carbonyl (C=O) groups excluding carboxylic acids is 2. The van der Waals surface area contributed by atoms with Gasteiger partial charge in [-0.15, -0.1) is 0 Å². The van der Waals surface area contributed by atoms with Crippen molar-refractivity contribution in [1.29, 1.82) is 0 Å². The number of carbonyl (C=O) groups is 2. The molecular weight excluding hydrogens is 338 g/mol. The minimum Gasteiger partial charge on any atom is -0.371 e. The first-order chi connectivity index (χ1) is 12.8. The van der Waals surface area contributed by atoms with Crippen molar-refractivity contribution in [3.05, 3.63) is 29.8 Å². The lowest BCUT2D eigenvalue weighted by atomic mass is 10.0. The van der Waals surface area contributed by atoms with E-state index in [1.807, 2.05) is 31.2 Å². The monoisotopic (exact) mass is 373 g/mol. The number of hydrogen-bond donors (Lipinski definition) is 2. The zero-order chi connectivity index (χ0) is 20.0. The fourth-order valence-corrected chi connectivity index (χ4v) is 3.31. The minimum atomic E-state index is -0.0147. The molecule has 1 saturated heterocycles. The number of hydrogen-bond acceptors (Lipinski definition) is 3. The van der Waals surface area contributed by atoms with Crippen LogP contribution in [0, 0.1) is 11.8 Å². The average molecular weight is 374 g/mol. The summed E-state index contributed by atoms with van der Waals surface area (Å²) in [7, 11) is 0. The molecule has 0 spiro atoms. The molecule has 1 atom stereocenters. The Morgan fingerprint density at radius 2 is 1.70 bits per heavy atom. The molecule has 1 fully saturated rings. The van der Waals surface area contributed by atoms with Crippen LogP contribution in [0.5, 0.6) is 0 Å². The molecule has 5 heteroatoms. The molecule has 27 heavy (non-hydrogen) atoms. The van der Waals surface area contributed by atoms with E-state index in [0.717, 1.165) is 37.2 Å². The molecule has 2 amide bonds. The van der Waals surface area contributed by atoms with E-state index in [1.54, 1.807) is 0 Å². The molecule has 1 aliphatic heterocycles. The second kappa shape index (κ2) is 9.77. The molecule has 2 N–H and O–H groups in total. The first-order valence-corrected chi connectivity index (χ1v) is 10.2. The lowest BCUT2D eigenvalue weighted by Crippen LogP contribution is -2.45. The van der Waals surface area contributed by atoms with Gasteiger partial charge in [0.25, 0.3) is 5.91 Å². The molecule has 0 aromatic heterocycles. The van der Waals surface area contributed by atoms with Gasteiger partial charge in [-0.2, -0.15) is 0 Å². The van der Waals surface area contributed by atoms with Gasteiger partial charge in [0.1, 0.15) is 0 Å². The third kappa shape index (κ3) is 6.26. The summed E-state index contributed by atoms with van der Waals surface area (Å²) >= 11 is 0. The van der Waals surface area contributed by atoms with Crippen molar-refractivity contribution in [2.45, 2.75) is 66.0 Å². The third-order valence-corrected chi connectivity index (χ3v) is 5.30. The van der Waals surface area contributed by atoms with Gasteiger partial charge in [0, 0.05) is 37.3 Å². The molecule has 0 saturated carbocycles. The van der Waals surface area contributed by atoms with Crippen molar-refractivity contribution in [2.24, 2.45) is 11.8 Å². The highest BCUT2D eigenvalue weighted by molar-refractivity contribution is 6.00. The zero-order valence-corrected chi connectivity index (χ0v) is 17.4. The summed E-state index contributed by atoms with van der Waals surface area (Å²) in [5.74, 6) is 0.903. The van der Waals surface area contributed by atoms with Gasteiger partial charge in [-0.3, -0.25) is 9.59 Å². The average Bonchev–Trinajstić information content (AvgIpc) is 2.61. The minimum absolute atomic E-state index is 0.0147. The topological polar surface area (TPSA) is 61.4 Å². The van der Waals surface area contributed by atoms with Gasteiger partial charge < -0.3 is 15.5 Å². The Kier molecular flexibility index (Phi) is 7.69. The summed E-state index contributed by atoms with van der Waals surface area (Å²) in [4.78, 5) is 27.0. The van der Waals surface area contributed by atoms with Crippen molar-refractivity contribution in [3.8, 4) is 0 Å². The van der Waals surface area contributed by atoms with Crippen LogP contribution in [0.15, 0.2) is 24.3 Å². The molecule has 0 aliphatic carbocycles. The fourth-order valence-electron chi connectivity index (χ4n) is 3.31. The quantitative estimate of drug-likeness (QED) is 0.768. The number of benzene rings is 1. The van der Waals surface area contributed by atoms with Crippen LogP contribution in [0.1, 0.15) is 64.2 Å². The Bertz CT molecular complexity index is 634. The lowest BCUT2D eigenvalue weighted by Gasteiger charge is -2.35. The van der Waals surface area contributed by atoms with Crippen LogP contribution in [0.2, 0.25) is 0 Å². The van der Waals surface area contributed by atoms with Crippen LogP contribution < -0.4 is 15.5 Å². The number of rotatable bonds is 7. The van der Waals surface area contributed by atoms with Crippen molar-refractivity contribution in [1.82, 2.24) is 10.6 Å². The van der Waals surface area contributed by atoms with Gasteiger partial charge in [-0.05, 0) is 43.7 Å². The second-order valence-electron chi connectivity index (χ2n) is 8.45. The van der Waals surface area contributed by atoms with Crippen LogP contribution >= 0.6 is 0 Å². The van der Waals surface area contributed by atoms with Crippen molar-refractivity contribution >= 4 is 17.5 Å². The third-order valence-electron chi connectivity index (χ3n) is 5.30. The summed E-state index contributed by atoms with van der Waals surface area (Å²) in [5, 5.41) is 6.26. The van der Waals surface area contributed by atoms with Gasteiger partial charge in [0.2, 0.25) is 5.91 Å². The Morgan fingerprint density at radius 3 is 2.30 bits per heavy atom. The molecule has 2 rings (SSSR count). The standard InChI is InChI=1S/C22H35N3O2/c1-15(2)14-21(26)24-18-10-12-25(13-11-18)20-9-7-6-8-19(20)22(27)23-17(5)16(3)4/h6-9,15-18H,10-14H2,1-5H3,(H,23,27)(H,24,26)/t17-/m1/s1. The highest BCUT2D eigenvalue weighted by Gasteiger charge is 2.24.